The number of nitrogens with two attached hydrogens (primary N) is 2. The summed E-state index contributed by atoms with van der Waals surface area (Å²) >= 11 is 8.21. The molecule has 0 radical (unpaired) electrons. The number of benzene rings is 2. The van der Waals surface area contributed by atoms with Gasteiger partial charge in [0.05, 0.1) is 4.88 Å². The minimum atomic E-state index is -1.05. The van der Waals surface area contributed by atoms with Gasteiger partial charge in [0, 0.05) is 25.1 Å². The first-order valence-corrected chi connectivity index (χ1v) is 14.6. The monoisotopic (exact) mass is 699 g/mol. The highest BCUT2D eigenvalue weighted by Gasteiger charge is 2.11. The first-order chi connectivity index (χ1) is 17.8. The Kier molecular flexibility index (Phi) is 17.4. The summed E-state index contributed by atoms with van der Waals surface area (Å²) in [6.45, 7) is 7.85. The number of carbonyl (C=O) groups excluding carboxylic acids is 1. The molecule has 40 heavy (non-hydrogen) atoms. The number of hydrogen-bond donors (Lipinski definition) is 3. The van der Waals surface area contributed by atoms with Gasteiger partial charge in [0.2, 0.25) is 5.76 Å². The zero-order valence-electron chi connectivity index (χ0n) is 22.0. The van der Waals surface area contributed by atoms with Crippen molar-refractivity contribution >= 4 is 76.0 Å². The van der Waals surface area contributed by atoms with E-state index < -0.39 is 5.97 Å². The van der Waals surface area contributed by atoms with Crippen LogP contribution in [0.4, 0.5) is 0 Å². The molecule has 5 N–H and O–H groups in total. The van der Waals surface area contributed by atoms with Gasteiger partial charge in [-0.2, -0.15) is 0 Å². The van der Waals surface area contributed by atoms with Crippen molar-refractivity contribution in [2.45, 2.75) is 60.5 Å². The molecule has 1 aliphatic rings. The maximum absolute atomic E-state index is 11.1. The quantitative estimate of drug-likeness (QED) is 0.179. The second-order valence-corrected chi connectivity index (χ2v) is 12.2. The third-order valence-electron chi connectivity index (χ3n) is 5.29. The lowest BCUT2D eigenvalue weighted by molar-refractivity contribution is 0.0664. The molecule has 0 aliphatic carbocycles. The zero-order chi connectivity index (χ0) is 28.4. The van der Waals surface area contributed by atoms with Crippen molar-refractivity contribution in [2.75, 3.05) is 20.1 Å². The van der Waals surface area contributed by atoms with Gasteiger partial charge in [0.25, 0.3) is 0 Å². The normalized spacial score (nSPS) is 13.0. The minimum absolute atomic E-state index is 0. The number of halogens is 2. The van der Waals surface area contributed by atoms with E-state index in [2.05, 4.69) is 43.8 Å². The van der Waals surface area contributed by atoms with Crippen LogP contribution in [-0.4, -0.2) is 54.0 Å². The summed E-state index contributed by atoms with van der Waals surface area (Å²) < 4.78 is 8.15. The number of aromatic carboxylic acids is 1. The van der Waals surface area contributed by atoms with Crippen molar-refractivity contribution in [3.05, 3.63) is 68.1 Å². The second-order valence-electron chi connectivity index (χ2n) is 9.33. The Morgan fingerprint density at radius 2 is 1.52 bits per heavy atom. The number of piperidine rings is 1. The number of Topliss-reactive ketones (excluding diaryl/α,β-unsaturated/α-hetero) is 1. The van der Waals surface area contributed by atoms with Crippen molar-refractivity contribution in [3.63, 3.8) is 0 Å². The number of likely N-dealkylation sites (tertiary alicyclic amines) is 1. The van der Waals surface area contributed by atoms with Crippen LogP contribution in [0.3, 0.4) is 0 Å². The van der Waals surface area contributed by atoms with Gasteiger partial charge >= 0.3 is 5.97 Å². The van der Waals surface area contributed by atoms with Crippen molar-refractivity contribution in [2.24, 2.45) is 11.5 Å². The fourth-order valence-corrected chi connectivity index (χ4v) is 5.17. The van der Waals surface area contributed by atoms with Gasteiger partial charge < -0.3 is 25.9 Å². The first-order valence-electron chi connectivity index (χ1n) is 12.2. The SMILES string of the molecule is C.C.CC(=O)c1cc2ccc(Br)cc2s1.CC(C)N.CN1CCC(N)CC1.O=C(O)c1cc2ccc(Br)cc2o1. The number of thiophene rings is 1. The van der Waals surface area contributed by atoms with Crippen LogP contribution < -0.4 is 11.5 Å². The van der Waals surface area contributed by atoms with Crippen LogP contribution in [0.25, 0.3) is 21.1 Å². The minimum Gasteiger partial charge on any atom is -0.475 e. The summed E-state index contributed by atoms with van der Waals surface area (Å²) in [5.74, 6) is -0.947. The number of carboxylic acids is 1. The Morgan fingerprint density at radius 3 is 2.02 bits per heavy atom. The van der Waals surface area contributed by atoms with Gasteiger partial charge in [-0.1, -0.05) is 66.6 Å². The molecule has 0 unspecified atom stereocenters. The highest BCUT2D eigenvalue weighted by molar-refractivity contribution is 9.10. The van der Waals surface area contributed by atoms with Crippen molar-refractivity contribution in [1.82, 2.24) is 4.90 Å². The van der Waals surface area contributed by atoms with E-state index in [1.54, 1.807) is 19.1 Å². The number of carbonyl (C=O) groups is 2. The van der Waals surface area contributed by atoms with Gasteiger partial charge in [-0.3, -0.25) is 4.79 Å². The number of hydrogen-bond acceptors (Lipinski definition) is 7. The highest BCUT2D eigenvalue weighted by atomic mass is 79.9. The largest absolute Gasteiger partial charge is 0.475 e. The number of furan rings is 1. The van der Waals surface area contributed by atoms with E-state index in [9.17, 15) is 9.59 Å². The molecule has 0 atom stereocenters. The Hall–Kier alpha value is -2.08. The topological polar surface area (TPSA) is 123 Å². The molecule has 1 aliphatic heterocycles. The van der Waals surface area contributed by atoms with Crippen LogP contribution in [0.15, 0.2) is 61.9 Å². The Balaban J connectivity index is 0.000000534. The lowest BCUT2D eigenvalue weighted by Crippen LogP contribution is -2.37. The predicted octanol–water partition coefficient (Wildman–Crippen LogP) is 8.42. The molecule has 222 valence electrons. The van der Waals surface area contributed by atoms with Crippen LogP contribution >= 0.6 is 43.2 Å². The van der Waals surface area contributed by atoms with E-state index in [-0.39, 0.29) is 26.4 Å². The highest BCUT2D eigenvalue weighted by Crippen LogP contribution is 2.28. The maximum Gasteiger partial charge on any atom is 0.371 e. The number of rotatable bonds is 2. The van der Waals surface area contributed by atoms with Gasteiger partial charge in [0.15, 0.2) is 5.78 Å². The lowest BCUT2D eigenvalue weighted by Gasteiger charge is -2.25. The van der Waals surface area contributed by atoms with Gasteiger partial charge in [0.1, 0.15) is 5.58 Å². The summed E-state index contributed by atoms with van der Waals surface area (Å²) in [6, 6.07) is 15.7. The maximum atomic E-state index is 11.1. The fourth-order valence-electron chi connectivity index (χ4n) is 3.32. The molecular weight excluding hydrogens is 658 g/mol. The first kappa shape index (κ1) is 37.9. The average Bonchev–Trinajstić information content (AvgIpc) is 3.45. The average molecular weight is 702 g/mol. The molecular formula is C30H43Br2N3O4S. The molecule has 2 aromatic heterocycles. The standard InChI is InChI=1S/C10H7BrOS.C9H5BrO3.C6H14N2.C3H9N.2CH4/c1-6(12)9-4-7-2-3-8(11)5-10(7)13-9;10-6-2-1-5-3-8(9(11)12)13-7(5)4-6;1-8-4-2-6(7)3-5-8;1-3(2)4;;/h2-5H,1H3;1-4H,(H,11,12);6H,2-5,7H2,1H3;3H,4H2,1-2H3;2*1H4. The summed E-state index contributed by atoms with van der Waals surface area (Å²) in [7, 11) is 2.14. The molecule has 0 saturated carbocycles. The van der Waals surface area contributed by atoms with E-state index in [4.69, 9.17) is 21.0 Å². The molecule has 4 aromatic rings. The number of ketones is 1. The van der Waals surface area contributed by atoms with Crippen LogP contribution in [0, 0.1) is 0 Å². The molecule has 5 rings (SSSR count). The molecule has 3 heterocycles. The molecule has 2 aromatic carbocycles. The number of carboxylic acid groups (broad SMARTS) is 1. The van der Waals surface area contributed by atoms with E-state index in [0.29, 0.717) is 17.7 Å². The molecule has 0 amide bonds. The fraction of sp³-hybridized carbons (Fsp3) is 0.400. The zero-order valence-corrected chi connectivity index (χ0v) is 26.0. The third-order valence-corrected chi connectivity index (χ3v) is 7.47. The second kappa shape index (κ2) is 18.4. The van der Waals surface area contributed by atoms with Crippen molar-refractivity contribution < 1.29 is 19.1 Å². The van der Waals surface area contributed by atoms with E-state index in [0.717, 1.165) is 29.3 Å². The van der Waals surface area contributed by atoms with Gasteiger partial charge in [-0.05, 0) is 93.8 Å². The summed E-state index contributed by atoms with van der Waals surface area (Å²) in [4.78, 5) is 24.8. The van der Waals surface area contributed by atoms with Crippen molar-refractivity contribution in [1.29, 1.82) is 0 Å². The van der Waals surface area contributed by atoms with E-state index in [1.807, 2.05) is 44.2 Å². The Labute approximate surface area is 259 Å². The predicted molar refractivity (Wildman–Crippen MR) is 178 cm³/mol. The van der Waals surface area contributed by atoms with E-state index >= 15 is 0 Å². The summed E-state index contributed by atoms with van der Waals surface area (Å²) in [5.41, 5.74) is 11.4. The van der Waals surface area contributed by atoms with Crippen LogP contribution in [0.2, 0.25) is 0 Å². The van der Waals surface area contributed by atoms with Gasteiger partial charge in [-0.25, -0.2) is 4.79 Å². The molecule has 7 nitrogen and oxygen atoms in total. The molecule has 1 saturated heterocycles. The molecule has 0 spiro atoms. The third kappa shape index (κ3) is 13.1. The van der Waals surface area contributed by atoms with Crippen LogP contribution in [0.1, 0.15) is 68.7 Å². The number of nitrogens with zero attached hydrogens (tertiary/aromatic N) is 1. The van der Waals surface area contributed by atoms with Crippen LogP contribution in [0.5, 0.6) is 0 Å². The van der Waals surface area contributed by atoms with Gasteiger partial charge in [-0.15, -0.1) is 11.3 Å². The summed E-state index contributed by atoms with van der Waals surface area (Å²) in [5, 5.41) is 10.6. The molecule has 0 bridgehead atoms. The molecule has 10 heteroatoms. The molecule has 1 fully saturated rings. The smallest absolute Gasteiger partial charge is 0.371 e. The van der Waals surface area contributed by atoms with E-state index in [1.165, 1.54) is 43.3 Å². The van der Waals surface area contributed by atoms with Crippen molar-refractivity contribution in [3.8, 4) is 0 Å². The Bertz CT molecular complexity index is 1240. The number of fused-ring (bicyclic) bond motifs is 2. The van der Waals surface area contributed by atoms with Crippen LogP contribution in [-0.2, 0) is 0 Å². The Morgan fingerprint density at radius 1 is 1.00 bits per heavy atom. The summed E-state index contributed by atoms with van der Waals surface area (Å²) in [6.07, 6.45) is 2.35. The lowest BCUT2D eigenvalue weighted by atomic mass is 10.1.